The molecule has 4 heteroatoms. The Morgan fingerprint density at radius 1 is 1.20 bits per heavy atom. The van der Waals surface area contributed by atoms with Gasteiger partial charge in [-0.2, -0.15) is 0 Å². The van der Waals surface area contributed by atoms with Gasteiger partial charge in [-0.05, 0) is 36.2 Å². The highest BCUT2D eigenvalue weighted by Crippen LogP contribution is 2.17. The predicted molar refractivity (Wildman–Crippen MR) is 59.7 cm³/mol. The predicted octanol–water partition coefficient (Wildman–Crippen LogP) is 2.75. The molecule has 0 atom stereocenters. The zero-order valence-electron chi connectivity index (χ0n) is 8.31. The SMILES string of the molecule is CCc1cc(-c2ccnc(Cl)n2)ccn1. The van der Waals surface area contributed by atoms with E-state index < -0.39 is 0 Å². The van der Waals surface area contributed by atoms with Gasteiger partial charge in [0.05, 0.1) is 5.69 Å². The minimum absolute atomic E-state index is 0.266. The van der Waals surface area contributed by atoms with Crippen molar-refractivity contribution in [1.29, 1.82) is 0 Å². The highest BCUT2D eigenvalue weighted by Gasteiger charge is 2.01. The third-order valence-electron chi connectivity index (χ3n) is 2.10. The van der Waals surface area contributed by atoms with E-state index in [-0.39, 0.29) is 5.28 Å². The third-order valence-corrected chi connectivity index (χ3v) is 2.28. The highest BCUT2D eigenvalue weighted by atomic mass is 35.5. The van der Waals surface area contributed by atoms with E-state index in [2.05, 4.69) is 21.9 Å². The topological polar surface area (TPSA) is 38.7 Å². The summed E-state index contributed by atoms with van der Waals surface area (Å²) in [4.78, 5) is 12.2. The average molecular weight is 220 g/mol. The maximum Gasteiger partial charge on any atom is 0.222 e. The summed E-state index contributed by atoms with van der Waals surface area (Å²) in [5.41, 5.74) is 2.89. The molecule has 2 rings (SSSR count). The van der Waals surface area contributed by atoms with Gasteiger partial charge in [-0.25, -0.2) is 9.97 Å². The van der Waals surface area contributed by atoms with Gasteiger partial charge in [0, 0.05) is 23.7 Å². The molecule has 0 bridgehead atoms. The summed E-state index contributed by atoms with van der Waals surface area (Å²) in [7, 11) is 0. The maximum absolute atomic E-state index is 5.73. The van der Waals surface area contributed by atoms with Crippen LogP contribution >= 0.6 is 11.6 Å². The molecule has 0 aliphatic heterocycles. The quantitative estimate of drug-likeness (QED) is 0.729. The van der Waals surface area contributed by atoms with Crippen LogP contribution in [0.25, 0.3) is 11.3 Å². The number of rotatable bonds is 2. The molecule has 0 unspecified atom stereocenters. The van der Waals surface area contributed by atoms with Crippen LogP contribution in [0.4, 0.5) is 0 Å². The first-order valence-corrected chi connectivity index (χ1v) is 5.11. The van der Waals surface area contributed by atoms with Gasteiger partial charge in [-0.1, -0.05) is 6.92 Å². The number of hydrogen-bond donors (Lipinski definition) is 0. The summed E-state index contributed by atoms with van der Waals surface area (Å²) in [6.45, 7) is 2.07. The van der Waals surface area contributed by atoms with Crippen LogP contribution in [0.15, 0.2) is 30.6 Å². The van der Waals surface area contributed by atoms with Gasteiger partial charge in [0.1, 0.15) is 0 Å². The van der Waals surface area contributed by atoms with Crippen molar-refractivity contribution >= 4 is 11.6 Å². The van der Waals surface area contributed by atoms with Crippen molar-refractivity contribution in [2.75, 3.05) is 0 Å². The highest BCUT2D eigenvalue weighted by molar-refractivity contribution is 6.28. The second-order valence-electron chi connectivity index (χ2n) is 3.10. The first-order valence-electron chi connectivity index (χ1n) is 4.73. The molecule has 0 spiro atoms. The lowest BCUT2D eigenvalue weighted by Crippen LogP contribution is -1.90. The van der Waals surface area contributed by atoms with Crippen LogP contribution in [0.1, 0.15) is 12.6 Å². The second kappa shape index (κ2) is 4.36. The maximum atomic E-state index is 5.73. The Kier molecular flexibility index (Phi) is 2.92. The van der Waals surface area contributed by atoms with Crippen molar-refractivity contribution in [3.05, 3.63) is 41.6 Å². The normalized spacial score (nSPS) is 10.3. The monoisotopic (exact) mass is 219 g/mol. The van der Waals surface area contributed by atoms with Crippen molar-refractivity contribution in [2.45, 2.75) is 13.3 Å². The lowest BCUT2D eigenvalue weighted by molar-refractivity contribution is 1.03. The zero-order valence-corrected chi connectivity index (χ0v) is 9.07. The van der Waals surface area contributed by atoms with E-state index in [0.717, 1.165) is 23.4 Å². The number of aromatic nitrogens is 3. The summed E-state index contributed by atoms with van der Waals surface area (Å²) in [5.74, 6) is 0. The van der Waals surface area contributed by atoms with Crippen molar-refractivity contribution in [1.82, 2.24) is 15.0 Å². The molecular formula is C11H10ClN3. The van der Waals surface area contributed by atoms with Crippen molar-refractivity contribution < 1.29 is 0 Å². The molecule has 0 radical (unpaired) electrons. The van der Waals surface area contributed by atoms with E-state index in [1.54, 1.807) is 12.4 Å². The summed E-state index contributed by atoms with van der Waals surface area (Å²) in [6, 6.07) is 5.76. The van der Waals surface area contributed by atoms with E-state index in [1.165, 1.54) is 0 Å². The molecule has 0 saturated heterocycles. The van der Waals surface area contributed by atoms with E-state index in [1.807, 2.05) is 18.2 Å². The third kappa shape index (κ3) is 2.30. The number of nitrogens with zero attached hydrogens (tertiary/aromatic N) is 3. The Morgan fingerprint density at radius 2 is 2.00 bits per heavy atom. The molecule has 0 N–H and O–H groups in total. The summed E-state index contributed by atoms with van der Waals surface area (Å²) < 4.78 is 0. The van der Waals surface area contributed by atoms with Crippen molar-refractivity contribution in [3.8, 4) is 11.3 Å². The lowest BCUT2D eigenvalue weighted by atomic mass is 10.1. The number of pyridine rings is 1. The molecule has 2 heterocycles. The Hall–Kier alpha value is -1.48. The lowest BCUT2D eigenvalue weighted by Gasteiger charge is -2.02. The van der Waals surface area contributed by atoms with Crippen LogP contribution in [0, 0.1) is 0 Å². The minimum Gasteiger partial charge on any atom is -0.261 e. The van der Waals surface area contributed by atoms with E-state index >= 15 is 0 Å². The molecular weight excluding hydrogens is 210 g/mol. The van der Waals surface area contributed by atoms with Crippen LogP contribution in [0.5, 0.6) is 0 Å². The number of aryl methyl sites for hydroxylation is 1. The molecule has 3 nitrogen and oxygen atoms in total. The standard InChI is InChI=1S/C11H10ClN3/c1-2-9-7-8(3-5-13-9)10-4-6-14-11(12)15-10/h3-7H,2H2,1H3. The summed E-state index contributed by atoms with van der Waals surface area (Å²) in [6.07, 6.45) is 4.34. The Labute approximate surface area is 93.2 Å². The molecule has 0 aliphatic carbocycles. The van der Waals surface area contributed by atoms with Crippen LogP contribution in [0.3, 0.4) is 0 Å². The second-order valence-corrected chi connectivity index (χ2v) is 3.44. The molecule has 2 aromatic heterocycles. The van der Waals surface area contributed by atoms with Gasteiger partial charge in [0.25, 0.3) is 0 Å². The molecule has 76 valence electrons. The fourth-order valence-corrected chi connectivity index (χ4v) is 1.47. The van der Waals surface area contributed by atoms with Crippen LogP contribution in [-0.4, -0.2) is 15.0 Å². The first kappa shape index (κ1) is 10.1. The fourth-order valence-electron chi connectivity index (χ4n) is 1.33. The van der Waals surface area contributed by atoms with Gasteiger partial charge in [0.2, 0.25) is 5.28 Å². The van der Waals surface area contributed by atoms with Crippen LogP contribution < -0.4 is 0 Å². The Morgan fingerprint density at radius 3 is 2.73 bits per heavy atom. The van der Waals surface area contributed by atoms with Gasteiger partial charge in [-0.15, -0.1) is 0 Å². The van der Waals surface area contributed by atoms with Crippen molar-refractivity contribution in [3.63, 3.8) is 0 Å². The van der Waals surface area contributed by atoms with E-state index in [9.17, 15) is 0 Å². The molecule has 0 aromatic carbocycles. The van der Waals surface area contributed by atoms with Crippen LogP contribution in [0.2, 0.25) is 5.28 Å². The molecule has 0 aliphatic rings. The average Bonchev–Trinajstić information content (AvgIpc) is 2.29. The van der Waals surface area contributed by atoms with Gasteiger partial charge in [-0.3, -0.25) is 4.98 Å². The van der Waals surface area contributed by atoms with Crippen LogP contribution in [-0.2, 0) is 6.42 Å². The zero-order chi connectivity index (χ0) is 10.7. The van der Waals surface area contributed by atoms with Gasteiger partial charge < -0.3 is 0 Å². The Balaban J connectivity index is 2.44. The largest absolute Gasteiger partial charge is 0.261 e. The fraction of sp³-hybridized carbons (Fsp3) is 0.182. The molecule has 2 aromatic rings. The van der Waals surface area contributed by atoms with Gasteiger partial charge in [0.15, 0.2) is 0 Å². The van der Waals surface area contributed by atoms with E-state index in [0.29, 0.717) is 0 Å². The smallest absolute Gasteiger partial charge is 0.222 e. The molecule has 0 amide bonds. The number of halogens is 1. The molecule has 0 saturated carbocycles. The molecule has 0 fully saturated rings. The van der Waals surface area contributed by atoms with Gasteiger partial charge >= 0.3 is 0 Å². The van der Waals surface area contributed by atoms with Crippen molar-refractivity contribution in [2.24, 2.45) is 0 Å². The molecule has 15 heavy (non-hydrogen) atoms. The van der Waals surface area contributed by atoms with E-state index in [4.69, 9.17) is 11.6 Å². The summed E-state index contributed by atoms with van der Waals surface area (Å²) >= 11 is 5.73. The number of hydrogen-bond acceptors (Lipinski definition) is 3. The summed E-state index contributed by atoms with van der Waals surface area (Å²) in [5, 5.41) is 0.266. The Bertz CT molecular complexity index is 471. The minimum atomic E-state index is 0.266. The first-order chi connectivity index (χ1) is 7.29.